The molecule has 0 atom stereocenters. The molecule has 0 saturated heterocycles. The second-order valence-electron chi connectivity index (χ2n) is 6.33. The Morgan fingerprint density at radius 2 is 1.21 bits per heavy atom. The minimum absolute atomic E-state index is 0.354. The monoisotopic (exact) mass is 378 g/mol. The minimum Gasteiger partial charge on any atom is -0.423 e. The molecule has 2 N–H and O–H groups in total. The van der Waals surface area contributed by atoms with Gasteiger partial charge in [-0.2, -0.15) is 0 Å². The fourth-order valence-electron chi connectivity index (χ4n) is 2.87. The van der Waals surface area contributed by atoms with E-state index in [1.165, 1.54) is 0 Å². The fraction of sp³-hybridized carbons (Fsp3) is 0. The van der Waals surface area contributed by atoms with Crippen molar-refractivity contribution in [3.05, 3.63) is 90.3 Å². The van der Waals surface area contributed by atoms with Gasteiger partial charge in [0.2, 0.25) is 0 Å². The van der Waals surface area contributed by atoms with Crippen LogP contribution < -0.4 is 5.46 Å². The lowest BCUT2D eigenvalue weighted by atomic mass is 9.79. The van der Waals surface area contributed by atoms with Crippen molar-refractivity contribution in [2.75, 3.05) is 0 Å². The summed E-state index contributed by atoms with van der Waals surface area (Å²) in [7, 11) is -1.58. The molecule has 6 nitrogen and oxygen atoms in total. The van der Waals surface area contributed by atoms with Crippen LogP contribution >= 0.6 is 0 Å². The van der Waals surface area contributed by atoms with Crippen molar-refractivity contribution in [3.63, 3.8) is 0 Å². The van der Waals surface area contributed by atoms with Crippen LogP contribution in [0.5, 0.6) is 0 Å². The first-order chi connectivity index (χ1) is 14.1. The third kappa shape index (κ3) is 4.04. The first-order valence-corrected chi connectivity index (χ1v) is 8.90. The molecular formula is C22H15BN4O2. The van der Waals surface area contributed by atoms with E-state index >= 15 is 0 Å². The molecule has 0 aliphatic carbocycles. The SMILES string of the molecule is [C-]#[N+]c1ccc(-c2nc(-c3ccccc3)nc(-c3cccc(B(O)O)c3)n2)cc1. The average molecular weight is 378 g/mol. The summed E-state index contributed by atoms with van der Waals surface area (Å²) in [6, 6.07) is 23.4. The van der Waals surface area contributed by atoms with E-state index in [0.717, 1.165) is 11.1 Å². The Balaban J connectivity index is 1.88. The molecule has 0 bridgehead atoms. The van der Waals surface area contributed by atoms with Crippen LogP contribution in [0, 0.1) is 6.57 Å². The van der Waals surface area contributed by atoms with Gasteiger partial charge in [-0.1, -0.05) is 78.9 Å². The predicted octanol–water partition coefficient (Wildman–Crippen LogP) is 3.10. The molecule has 1 aromatic heterocycles. The minimum atomic E-state index is -1.58. The number of hydrogen-bond acceptors (Lipinski definition) is 5. The predicted molar refractivity (Wildman–Crippen MR) is 112 cm³/mol. The van der Waals surface area contributed by atoms with E-state index in [9.17, 15) is 10.0 Å². The molecule has 0 aliphatic rings. The van der Waals surface area contributed by atoms with Crippen LogP contribution in [0.4, 0.5) is 5.69 Å². The summed E-state index contributed by atoms with van der Waals surface area (Å²) >= 11 is 0. The second-order valence-corrected chi connectivity index (χ2v) is 6.33. The molecule has 3 aromatic carbocycles. The van der Waals surface area contributed by atoms with Crippen molar-refractivity contribution in [2.24, 2.45) is 0 Å². The molecule has 0 aliphatic heterocycles. The molecule has 0 radical (unpaired) electrons. The topological polar surface area (TPSA) is 83.5 Å². The zero-order valence-electron chi connectivity index (χ0n) is 15.3. The highest BCUT2D eigenvalue weighted by molar-refractivity contribution is 6.58. The van der Waals surface area contributed by atoms with Gasteiger partial charge in [0.1, 0.15) is 0 Å². The lowest BCUT2D eigenvalue weighted by molar-refractivity contribution is 0.426. The van der Waals surface area contributed by atoms with Crippen molar-refractivity contribution in [3.8, 4) is 34.2 Å². The summed E-state index contributed by atoms with van der Waals surface area (Å²) in [6.07, 6.45) is 0. The Morgan fingerprint density at radius 1 is 0.655 bits per heavy atom. The highest BCUT2D eigenvalue weighted by Crippen LogP contribution is 2.25. The molecule has 0 spiro atoms. The number of rotatable bonds is 4. The zero-order valence-corrected chi connectivity index (χ0v) is 15.3. The lowest BCUT2D eigenvalue weighted by Gasteiger charge is -2.09. The lowest BCUT2D eigenvalue weighted by Crippen LogP contribution is -2.29. The summed E-state index contributed by atoms with van der Waals surface area (Å²) in [5, 5.41) is 19.0. The fourth-order valence-corrected chi connectivity index (χ4v) is 2.87. The highest BCUT2D eigenvalue weighted by Gasteiger charge is 2.15. The van der Waals surface area contributed by atoms with Gasteiger partial charge in [-0.05, 0) is 5.46 Å². The van der Waals surface area contributed by atoms with Crippen LogP contribution in [0.15, 0.2) is 78.9 Å². The number of benzene rings is 3. The average Bonchev–Trinajstić information content (AvgIpc) is 2.79. The van der Waals surface area contributed by atoms with Crippen molar-refractivity contribution in [2.45, 2.75) is 0 Å². The molecule has 0 amide bonds. The molecule has 0 fully saturated rings. The summed E-state index contributed by atoms with van der Waals surface area (Å²) < 4.78 is 0. The maximum atomic E-state index is 9.49. The summed E-state index contributed by atoms with van der Waals surface area (Å²) in [6.45, 7) is 7.11. The first kappa shape index (κ1) is 18.5. The molecule has 0 unspecified atom stereocenters. The second kappa shape index (κ2) is 8.03. The van der Waals surface area contributed by atoms with E-state index in [2.05, 4.69) is 19.8 Å². The summed E-state index contributed by atoms with van der Waals surface area (Å²) in [4.78, 5) is 17.2. The zero-order chi connectivity index (χ0) is 20.2. The van der Waals surface area contributed by atoms with E-state index in [1.807, 2.05) is 36.4 Å². The van der Waals surface area contributed by atoms with Crippen LogP contribution in [-0.4, -0.2) is 32.1 Å². The molecule has 4 aromatic rings. The van der Waals surface area contributed by atoms with Crippen LogP contribution in [0.25, 0.3) is 39.0 Å². The van der Waals surface area contributed by atoms with Gasteiger partial charge in [0, 0.05) is 16.7 Å². The number of aromatic nitrogens is 3. The number of nitrogens with zero attached hydrogens (tertiary/aromatic N) is 4. The smallest absolute Gasteiger partial charge is 0.423 e. The Bertz CT molecular complexity index is 1190. The van der Waals surface area contributed by atoms with E-state index in [4.69, 9.17) is 6.57 Å². The molecule has 4 rings (SSSR count). The van der Waals surface area contributed by atoms with Crippen molar-refractivity contribution >= 4 is 18.3 Å². The third-order valence-electron chi connectivity index (χ3n) is 4.36. The van der Waals surface area contributed by atoms with Gasteiger partial charge >= 0.3 is 7.12 Å². The van der Waals surface area contributed by atoms with E-state index in [1.54, 1.807) is 42.5 Å². The Morgan fingerprint density at radius 3 is 1.79 bits per heavy atom. The normalized spacial score (nSPS) is 10.4. The molecule has 7 heteroatoms. The Hall–Kier alpha value is -3.86. The third-order valence-corrected chi connectivity index (χ3v) is 4.36. The van der Waals surface area contributed by atoms with E-state index < -0.39 is 7.12 Å². The van der Waals surface area contributed by atoms with Gasteiger partial charge < -0.3 is 10.0 Å². The van der Waals surface area contributed by atoms with Gasteiger partial charge in [0.25, 0.3) is 0 Å². The molecule has 29 heavy (non-hydrogen) atoms. The van der Waals surface area contributed by atoms with E-state index in [0.29, 0.717) is 34.2 Å². The largest absolute Gasteiger partial charge is 0.488 e. The van der Waals surface area contributed by atoms with Crippen LogP contribution in [0.1, 0.15) is 0 Å². The highest BCUT2D eigenvalue weighted by atomic mass is 16.4. The number of hydrogen-bond donors (Lipinski definition) is 2. The maximum Gasteiger partial charge on any atom is 0.488 e. The van der Waals surface area contributed by atoms with E-state index in [-0.39, 0.29) is 0 Å². The Kier molecular flexibility index (Phi) is 5.12. The van der Waals surface area contributed by atoms with Gasteiger partial charge in [-0.25, -0.2) is 19.8 Å². The van der Waals surface area contributed by atoms with Crippen LogP contribution in [0.3, 0.4) is 0 Å². The van der Waals surface area contributed by atoms with Crippen LogP contribution in [-0.2, 0) is 0 Å². The quantitative estimate of drug-likeness (QED) is 0.421. The molecule has 0 saturated carbocycles. The Labute approximate surface area is 168 Å². The van der Waals surface area contributed by atoms with Gasteiger partial charge in [0.05, 0.1) is 6.57 Å². The van der Waals surface area contributed by atoms with Gasteiger partial charge in [-0.3, -0.25) is 0 Å². The molecule has 1 heterocycles. The van der Waals surface area contributed by atoms with Crippen molar-refractivity contribution < 1.29 is 10.0 Å². The maximum absolute atomic E-state index is 9.49. The van der Waals surface area contributed by atoms with Gasteiger partial charge in [0.15, 0.2) is 23.2 Å². The van der Waals surface area contributed by atoms with Crippen LogP contribution in [0.2, 0.25) is 0 Å². The van der Waals surface area contributed by atoms with Gasteiger partial charge in [-0.15, -0.1) is 0 Å². The van der Waals surface area contributed by atoms with Crippen molar-refractivity contribution in [1.82, 2.24) is 15.0 Å². The summed E-state index contributed by atoms with van der Waals surface area (Å²) in [5.74, 6) is 1.40. The van der Waals surface area contributed by atoms with Crippen molar-refractivity contribution in [1.29, 1.82) is 0 Å². The first-order valence-electron chi connectivity index (χ1n) is 8.90. The molecular weight excluding hydrogens is 363 g/mol. The standard InChI is InChI=1S/C22H15BN4O2/c1-24-19-12-10-16(11-13-19)21-25-20(15-6-3-2-4-7-15)26-22(27-21)17-8-5-9-18(14-17)23(28)29/h2-14,28-29H. The summed E-state index contributed by atoms with van der Waals surface area (Å²) in [5.41, 5.74) is 3.14. The molecule has 138 valence electrons.